The van der Waals surface area contributed by atoms with Crippen LogP contribution in [0, 0.1) is 12.7 Å². The average molecular weight is 237 g/mol. The molecule has 0 aliphatic heterocycles. The van der Waals surface area contributed by atoms with Gasteiger partial charge in [-0.25, -0.2) is 4.39 Å². The van der Waals surface area contributed by atoms with Crippen molar-refractivity contribution < 1.29 is 13.7 Å². The number of benzene rings is 1. The van der Waals surface area contributed by atoms with Crippen LogP contribution in [0.25, 0.3) is 11.4 Å². The quantitative estimate of drug-likeness (QED) is 0.878. The molecule has 1 aromatic heterocycles. The molecular formula is C11H12FN3O2. The molecule has 2 N–H and O–H groups in total. The minimum absolute atomic E-state index is 0.143. The summed E-state index contributed by atoms with van der Waals surface area (Å²) in [6.07, 6.45) is 0. The number of nitrogens with zero attached hydrogens (tertiary/aromatic N) is 2. The number of ether oxygens (including phenoxy) is 1. The second kappa shape index (κ2) is 4.50. The Labute approximate surface area is 97.4 Å². The van der Waals surface area contributed by atoms with Crippen molar-refractivity contribution in [3.05, 3.63) is 29.4 Å². The molecule has 0 saturated heterocycles. The highest BCUT2D eigenvalue weighted by atomic mass is 19.1. The van der Waals surface area contributed by atoms with Crippen molar-refractivity contribution in [3.8, 4) is 17.1 Å². The normalized spacial score (nSPS) is 10.6. The summed E-state index contributed by atoms with van der Waals surface area (Å²) in [7, 11) is 1.50. The maximum Gasteiger partial charge on any atom is 0.240 e. The van der Waals surface area contributed by atoms with Crippen LogP contribution < -0.4 is 10.5 Å². The van der Waals surface area contributed by atoms with Crippen LogP contribution in [0.2, 0.25) is 0 Å². The van der Waals surface area contributed by atoms with E-state index in [4.69, 9.17) is 15.0 Å². The summed E-state index contributed by atoms with van der Waals surface area (Å²) in [5.74, 6) is 0.706. The van der Waals surface area contributed by atoms with E-state index in [1.807, 2.05) is 0 Å². The molecule has 0 fully saturated rings. The molecule has 90 valence electrons. The minimum Gasteiger partial charge on any atom is -0.496 e. The lowest BCUT2D eigenvalue weighted by Gasteiger charge is -2.06. The lowest BCUT2D eigenvalue weighted by Crippen LogP contribution is -1.96. The highest BCUT2D eigenvalue weighted by Gasteiger charge is 2.15. The molecular weight excluding hydrogens is 225 g/mol. The second-order valence-corrected chi connectivity index (χ2v) is 3.52. The van der Waals surface area contributed by atoms with E-state index in [0.717, 1.165) is 0 Å². The molecule has 0 unspecified atom stereocenters. The van der Waals surface area contributed by atoms with E-state index in [1.165, 1.54) is 13.2 Å². The van der Waals surface area contributed by atoms with E-state index in [0.29, 0.717) is 22.8 Å². The Hall–Kier alpha value is -1.95. The van der Waals surface area contributed by atoms with Gasteiger partial charge in [0.25, 0.3) is 0 Å². The van der Waals surface area contributed by atoms with Crippen molar-refractivity contribution in [2.75, 3.05) is 7.11 Å². The number of halogens is 1. The minimum atomic E-state index is -0.347. The molecule has 5 nitrogen and oxygen atoms in total. The Morgan fingerprint density at radius 3 is 2.82 bits per heavy atom. The van der Waals surface area contributed by atoms with Crippen LogP contribution >= 0.6 is 0 Å². The third-order valence-corrected chi connectivity index (χ3v) is 2.36. The van der Waals surface area contributed by atoms with Gasteiger partial charge in [0.2, 0.25) is 11.7 Å². The summed E-state index contributed by atoms with van der Waals surface area (Å²) in [5, 5.41) is 3.72. The molecule has 1 heterocycles. The number of nitrogens with two attached hydrogens (primary N) is 1. The monoisotopic (exact) mass is 237 g/mol. The van der Waals surface area contributed by atoms with Crippen molar-refractivity contribution in [2.24, 2.45) is 5.73 Å². The number of aryl methyl sites for hydroxylation is 1. The van der Waals surface area contributed by atoms with Gasteiger partial charge in [-0.3, -0.25) is 0 Å². The maximum absolute atomic E-state index is 13.5. The lowest BCUT2D eigenvalue weighted by atomic mass is 10.1. The number of rotatable bonds is 3. The van der Waals surface area contributed by atoms with E-state index < -0.39 is 0 Å². The van der Waals surface area contributed by atoms with Gasteiger partial charge < -0.3 is 15.0 Å². The van der Waals surface area contributed by atoms with Crippen molar-refractivity contribution >= 4 is 0 Å². The largest absolute Gasteiger partial charge is 0.496 e. The summed E-state index contributed by atoms with van der Waals surface area (Å²) < 4.78 is 23.5. The second-order valence-electron chi connectivity index (χ2n) is 3.52. The molecule has 6 heteroatoms. The van der Waals surface area contributed by atoms with Crippen LogP contribution in [0.3, 0.4) is 0 Å². The van der Waals surface area contributed by atoms with Crippen molar-refractivity contribution in [3.63, 3.8) is 0 Å². The van der Waals surface area contributed by atoms with E-state index in [-0.39, 0.29) is 18.2 Å². The smallest absolute Gasteiger partial charge is 0.240 e. The summed E-state index contributed by atoms with van der Waals surface area (Å²) in [5.41, 5.74) is 6.30. The van der Waals surface area contributed by atoms with E-state index in [9.17, 15) is 4.39 Å². The average Bonchev–Trinajstić information content (AvgIpc) is 2.80. The zero-order valence-corrected chi connectivity index (χ0v) is 9.53. The Morgan fingerprint density at radius 1 is 1.47 bits per heavy atom. The zero-order valence-electron chi connectivity index (χ0n) is 9.53. The summed E-state index contributed by atoms with van der Waals surface area (Å²) in [6, 6.07) is 2.91. The Balaban J connectivity index is 2.53. The van der Waals surface area contributed by atoms with E-state index >= 15 is 0 Å². The van der Waals surface area contributed by atoms with E-state index in [2.05, 4.69) is 10.1 Å². The number of hydrogen-bond acceptors (Lipinski definition) is 5. The van der Waals surface area contributed by atoms with E-state index in [1.54, 1.807) is 13.0 Å². The number of methoxy groups -OCH3 is 1. The summed E-state index contributed by atoms with van der Waals surface area (Å²) in [4.78, 5) is 4.03. The molecule has 2 aromatic rings. The molecule has 0 atom stereocenters. The topological polar surface area (TPSA) is 74.2 Å². The Morgan fingerprint density at radius 2 is 2.24 bits per heavy atom. The predicted octanol–water partition coefficient (Wildman–Crippen LogP) is 1.65. The first-order chi connectivity index (χ1) is 8.15. The third kappa shape index (κ3) is 2.12. The van der Waals surface area contributed by atoms with Crippen LogP contribution in [-0.4, -0.2) is 17.3 Å². The first-order valence-corrected chi connectivity index (χ1v) is 5.03. The summed E-state index contributed by atoms with van der Waals surface area (Å²) >= 11 is 0. The molecule has 0 bridgehead atoms. The van der Waals surface area contributed by atoms with Gasteiger partial charge in [0.15, 0.2) is 0 Å². The fourth-order valence-corrected chi connectivity index (χ4v) is 1.45. The highest BCUT2D eigenvalue weighted by molar-refractivity contribution is 5.64. The molecule has 0 amide bonds. The van der Waals surface area contributed by atoms with Gasteiger partial charge in [-0.15, -0.1) is 0 Å². The Bertz CT molecular complexity index is 540. The molecule has 0 saturated carbocycles. The molecule has 0 aliphatic rings. The van der Waals surface area contributed by atoms with Gasteiger partial charge in [-0.05, 0) is 24.6 Å². The number of aromatic nitrogens is 2. The van der Waals surface area contributed by atoms with Gasteiger partial charge >= 0.3 is 0 Å². The SMILES string of the molecule is COc1cc(C)c(F)cc1-c1noc(CN)n1. The van der Waals surface area contributed by atoms with Crippen LogP contribution in [0.5, 0.6) is 5.75 Å². The van der Waals surface area contributed by atoms with Gasteiger partial charge in [0, 0.05) is 0 Å². The van der Waals surface area contributed by atoms with Crippen molar-refractivity contribution in [1.29, 1.82) is 0 Å². The Kier molecular flexibility index (Phi) is 3.06. The molecule has 0 radical (unpaired) electrons. The maximum atomic E-state index is 13.5. The molecule has 0 spiro atoms. The van der Waals surface area contributed by atoms with Crippen molar-refractivity contribution in [1.82, 2.24) is 10.1 Å². The van der Waals surface area contributed by atoms with Crippen molar-refractivity contribution in [2.45, 2.75) is 13.5 Å². The van der Waals surface area contributed by atoms with Crippen LogP contribution in [0.15, 0.2) is 16.7 Å². The lowest BCUT2D eigenvalue weighted by molar-refractivity contribution is 0.379. The van der Waals surface area contributed by atoms with Gasteiger partial charge in [0.1, 0.15) is 11.6 Å². The third-order valence-electron chi connectivity index (χ3n) is 2.36. The van der Waals surface area contributed by atoms with Crippen LogP contribution in [0.4, 0.5) is 4.39 Å². The molecule has 0 aliphatic carbocycles. The molecule has 2 rings (SSSR count). The highest BCUT2D eigenvalue weighted by Crippen LogP contribution is 2.30. The fourth-order valence-electron chi connectivity index (χ4n) is 1.45. The van der Waals surface area contributed by atoms with Crippen LogP contribution in [0.1, 0.15) is 11.5 Å². The zero-order chi connectivity index (χ0) is 12.4. The van der Waals surface area contributed by atoms with Gasteiger partial charge in [0.05, 0.1) is 19.2 Å². The first-order valence-electron chi connectivity index (χ1n) is 5.03. The summed E-state index contributed by atoms with van der Waals surface area (Å²) in [6.45, 7) is 1.80. The predicted molar refractivity (Wildman–Crippen MR) is 58.9 cm³/mol. The fraction of sp³-hybridized carbons (Fsp3) is 0.273. The molecule has 1 aromatic carbocycles. The number of hydrogen-bond donors (Lipinski definition) is 1. The van der Waals surface area contributed by atoms with Gasteiger partial charge in [-0.2, -0.15) is 4.98 Å². The first kappa shape index (κ1) is 11.5. The standard InChI is InChI=1S/C11H12FN3O2/c1-6-3-9(16-2)7(4-8(6)12)11-14-10(5-13)17-15-11/h3-4H,5,13H2,1-2H3. The molecule has 17 heavy (non-hydrogen) atoms. The van der Waals surface area contributed by atoms with Crippen LogP contribution in [-0.2, 0) is 6.54 Å². The van der Waals surface area contributed by atoms with Gasteiger partial charge in [-0.1, -0.05) is 5.16 Å².